The molecule has 0 aromatic carbocycles. The van der Waals surface area contributed by atoms with E-state index < -0.39 is 34.8 Å². The van der Waals surface area contributed by atoms with E-state index in [-0.39, 0.29) is 11.9 Å². The Hall–Kier alpha value is -1.81. The Balaban J connectivity index is 1.48. The van der Waals surface area contributed by atoms with Gasteiger partial charge in [0.2, 0.25) is 5.91 Å². The van der Waals surface area contributed by atoms with E-state index in [1.54, 1.807) is 25.7 Å². The number of carbonyl (C=O) groups is 2. The first-order valence-corrected chi connectivity index (χ1v) is 11.9. The average molecular weight is 430 g/mol. The molecule has 31 heavy (non-hydrogen) atoms. The Labute approximate surface area is 184 Å². The lowest BCUT2D eigenvalue weighted by Gasteiger charge is -2.62. The van der Waals surface area contributed by atoms with Gasteiger partial charge < -0.3 is 20.1 Å². The van der Waals surface area contributed by atoms with E-state index in [9.17, 15) is 20.0 Å². The number of nitrogens with one attached hydrogen (secondary N) is 1. The molecule has 5 saturated carbocycles. The fourth-order valence-electron chi connectivity index (χ4n) is 8.00. The van der Waals surface area contributed by atoms with Crippen LogP contribution in [-0.2, 0) is 9.53 Å². The molecule has 6 unspecified atom stereocenters. The van der Waals surface area contributed by atoms with Crippen molar-refractivity contribution in [1.82, 2.24) is 10.2 Å². The predicted octanol–water partition coefficient (Wildman–Crippen LogP) is 2.97. The van der Waals surface area contributed by atoms with Crippen LogP contribution >= 0.6 is 0 Å². The Kier molecular flexibility index (Phi) is 4.48. The van der Waals surface area contributed by atoms with Crippen molar-refractivity contribution in [1.29, 1.82) is 5.26 Å². The molecule has 0 aromatic heterocycles. The molecule has 7 atom stereocenters. The normalized spacial score (nSPS) is 45.6. The molecular formula is C24H35N3O4. The Bertz CT molecular complexity index is 829. The van der Waals surface area contributed by atoms with Crippen molar-refractivity contribution in [3.8, 4) is 6.07 Å². The van der Waals surface area contributed by atoms with Crippen LogP contribution in [0.2, 0.25) is 0 Å². The van der Waals surface area contributed by atoms with Crippen molar-refractivity contribution < 1.29 is 19.4 Å². The van der Waals surface area contributed by atoms with E-state index >= 15 is 0 Å². The minimum absolute atomic E-state index is 0.0945. The number of nitrogens with zero attached hydrogens (tertiary/aromatic N) is 2. The fourth-order valence-corrected chi connectivity index (χ4v) is 8.00. The Morgan fingerprint density at radius 1 is 1.19 bits per heavy atom. The summed E-state index contributed by atoms with van der Waals surface area (Å²) in [5, 5.41) is 23.9. The molecule has 1 aliphatic heterocycles. The number of hydrogen-bond acceptors (Lipinski definition) is 5. The number of nitriles is 1. The van der Waals surface area contributed by atoms with Gasteiger partial charge in [-0.2, -0.15) is 5.26 Å². The highest BCUT2D eigenvalue weighted by molar-refractivity contribution is 5.88. The van der Waals surface area contributed by atoms with Crippen LogP contribution in [0.1, 0.15) is 72.6 Å². The van der Waals surface area contributed by atoms with Gasteiger partial charge in [0.05, 0.1) is 11.7 Å². The molecular weight excluding hydrogens is 394 g/mol. The molecule has 2 N–H and O–H groups in total. The number of ether oxygens (including phenoxy) is 1. The van der Waals surface area contributed by atoms with Gasteiger partial charge in [0.15, 0.2) is 0 Å². The Morgan fingerprint density at radius 3 is 2.39 bits per heavy atom. The minimum Gasteiger partial charge on any atom is -0.444 e. The van der Waals surface area contributed by atoms with Gasteiger partial charge in [-0.25, -0.2) is 4.79 Å². The van der Waals surface area contributed by atoms with Crippen LogP contribution in [0.15, 0.2) is 0 Å². The lowest BCUT2D eigenvalue weighted by molar-refractivity contribution is -0.180. The van der Waals surface area contributed by atoms with Gasteiger partial charge >= 0.3 is 6.09 Å². The van der Waals surface area contributed by atoms with Crippen LogP contribution in [0.25, 0.3) is 0 Å². The molecule has 2 amide bonds. The highest BCUT2D eigenvalue weighted by atomic mass is 16.6. The van der Waals surface area contributed by atoms with Gasteiger partial charge in [-0.1, -0.05) is 6.92 Å². The summed E-state index contributed by atoms with van der Waals surface area (Å²) in [7, 11) is 0. The molecule has 1 heterocycles. The van der Waals surface area contributed by atoms with Gasteiger partial charge in [0.25, 0.3) is 0 Å². The molecule has 0 spiro atoms. The third-order valence-electron chi connectivity index (χ3n) is 8.66. The molecule has 170 valence electrons. The number of piperidine rings is 1. The molecule has 0 radical (unpaired) electrons. The van der Waals surface area contributed by atoms with Crippen molar-refractivity contribution in [2.45, 2.75) is 102 Å². The van der Waals surface area contributed by atoms with Gasteiger partial charge in [0.1, 0.15) is 17.7 Å². The van der Waals surface area contributed by atoms with Gasteiger partial charge in [-0.15, -0.1) is 0 Å². The first-order valence-electron chi connectivity index (χ1n) is 11.9. The summed E-state index contributed by atoms with van der Waals surface area (Å²) in [6, 6.07) is 1.22. The maximum Gasteiger partial charge on any atom is 0.408 e. The second-order valence-corrected chi connectivity index (χ2v) is 12.3. The topological polar surface area (TPSA) is 103 Å². The average Bonchev–Trinajstić information content (AvgIpc) is 3.07. The van der Waals surface area contributed by atoms with E-state index in [1.165, 1.54) is 0 Å². The molecule has 6 fully saturated rings. The van der Waals surface area contributed by atoms with Crippen LogP contribution in [-0.4, -0.2) is 51.3 Å². The zero-order valence-corrected chi connectivity index (χ0v) is 19.1. The summed E-state index contributed by atoms with van der Waals surface area (Å²) in [6.45, 7) is 7.55. The fraction of sp³-hybridized carbons (Fsp3) is 0.875. The number of amides is 2. The third kappa shape index (κ3) is 3.42. The van der Waals surface area contributed by atoms with Gasteiger partial charge in [0, 0.05) is 11.5 Å². The molecule has 0 aromatic rings. The summed E-state index contributed by atoms with van der Waals surface area (Å²) in [5.74, 6) is 1.41. The van der Waals surface area contributed by atoms with Crippen LogP contribution < -0.4 is 5.32 Å². The highest BCUT2D eigenvalue weighted by Crippen LogP contribution is 2.63. The zero-order valence-electron chi connectivity index (χ0n) is 19.1. The van der Waals surface area contributed by atoms with Crippen LogP contribution in [0.3, 0.4) is 0 Å². The molecule has 7 heteroatoms. The maximum atomic E-state index is 14.0. The van der Waals surface area contributed by atoms with Crippen molar-refractivity contribution >= 4 is 12.0 Å². The lowest BCUT2D eigenvalue weighted by Crippen LogP contribution is -2.66. The number of hydrogen-bond donors (Lipinski definition) is 2. The van der Waals surface area contributed by atoms with Crippen LogP contribution in [0.4, 0.5) is 4.79 Å². The Morgan fingerprint density at radius 2 is 1.84 bits per heavy atom. The third-order valence-corrected chi connectivity index (χ3v) is 8.66. The predicted molar refractivity (Wildman–Crippen MR) is 113 cm³/mol. The largest absolute Gasteiger partial charge is 0.444 e. The molecule has 6 aliphatic rings. The summed E-state index contributed by atoms with van der Waals surface area (Å²) < 4.78 is 5.53. The van der Waals surface area contributed by atoms with E-state index in [1.807, 2.05) is 0 Å². The van der Waals surface area contributed by atoms with Gasteiger partial charge in [-0.05, 0) is 89.4 Å². The summed E-state index contributed by atoms with van der Waals surface area (Å²) in [5.41, 5.74) is -1.88. The summed E-state index contributed by atoms with van der Waals surface area (Å²) in [4.78, 5) is 28.6. The molecule has 4 bridgehead atoms. The van der Waals surface area contributed by atoms with E-state index in [0.717, 1.165) is 38.5 Å². The molecule has 1 saturated heterocycles. The second kappa shape index (κ2) is 6.60. The second-order valence-electron chi connectivity index (χ2n) is 12.3. The number of alkyl carbamates (subject to hydrolysis) is 1. The van der Waals surface area contributed by atoms with Crippen molar-refractivity contribution in [3.05, 3.63) is 0 Å². The number of fused-ring (bicyclic) bond motifs is 1. The zero-order chi connectivity index (χ0) is 22.3. The monoisotopic (exact) mass is 429 g/mol. The van der Waals surface area contributed by atoms with E-state index in [0.29, 0.717) is 30.1 Å². The summed E-state index contributed by atoms with van der Waals surface area (Å²) in [6.07, 6.45) is 5.03. The number of carbonyl (C=O) groups excluding carboxylic acids is 2. The standard InChI is InChI=1S/C24H35N3O4/c1-13-17-6-16(11-25)27(18(13)17)20(28)19(26-21(29)31-22(2,3)4)23-7-14-5-15(8-23)10-24(30,9-14)12-23/h13-19,30H,5-10,12H2,1-4H3,(H,26,29)/t13-,14?,15?,16?,17?,18?,19?,23?,24?/m0/s1. The molecule has 6 rings (SSSR count). The first-order chi connectivity index (χ1) is 14.4. The number of aliphatic hydroxyl groups is 1. The van der Waals surface area contributed by atoms with Crippen molar-refractivity contribution in [3.63, 3.8) is 0 Å². The SMILES string of the molecule is C[C@H]1C2CC(C#N)N(C(=O)C(NC(=O)OC(C)(C)C)C34CC5CC(CC(O)(C5)C3)C4)C21. The van der Waals surface area contributed by atoms with Crippen LogP contribution in [0, 0.1) is 40.4 Å². The van der Waals surface area contributed by atoms with Crippen molar-refractivity contribution in [2.24, 2.45) is 29.1 Å². The van der Waals surface area contributed by atoms with E-state index in [4.69, 9.17) is 4.74 Å². The van der Waals surface area contributed by atoms with Crippen LogP contribution in [0.5, 0.6) is 0 Å². The lowest BCUT2D eigenvalue weighted by atomic mass is 9.46. The first kappa shape index (κ1) is 21.1. The number of likely N-dealkylation sites (tertiary alicyclic amines) is 1. The summed E-state index contributed by atoms with van der Waals surface area (Å²) >= 11 is 0. The van der Waals surface area contributed by atoms with Gasteiger partial charge in [-0.3, -0.25) is 4.79 Å². The number of rotatable bonds is 3. The highest BCUT2D eigenvalue weighted by Gasteiger charge is 2.65. The molecule has 7 nitrogen and oxygen atoms in total. The quantitative estimate of drug-likeness (QED) is 0.718. The van der Waals surface area contributed by atoms with Crippen molar-refractivity contribution in [2.75, 3.05) is 0 Å². The maximum absolute atomic E-state index is 14.0. The smallest absolute Gasteiger partial charge is 0.408 e. The minimum atomic E-state index is -0.762. The van der Waals surface area contributed by atoms with E-state index in [2.05, 4.69) is 18.3 Å². The molecule has 5 aliphatic carbocycles.